The summed E-state index contributed by atoms with van der Waals surface area (Å²) in [5, 5.41) is 9.24. The third-order valence-corrected chi connectivity index (χ3v) is 4.25. The highest BCUT2D eigenvalue weighted by Crippen LogP contribution is 2.30. The van der Waals surface area contributed by atoms with Crippen molar-refractivity contribution in [3.05, 3.63) is 40.4 Å². The van der Waals surface area contributed by atoms with Crippen LogP contribution in [0.4, 0.5) is 24.8 Å². The molecule has 0 amide bonds. The number of rotatable bonds is 2. The molecule has 0 radical (unpaired) electrons. The molecule has 136 valence electrons. The predicted molar refractivity (Wildman–Crippen MR) is 90.2 cm³/mol. The molecule has 3 rings (SSSR count). The molecule has 1 aliphatic rings. The van der Waals surface area contributed by atoms with Gasteiger partial charge in [0.25, 0.3) is 0 Å². The minimum absolute atomic E-state index is 0.0778. The molecule has 0 spiro atoms. The van der Waals surface area contributed by atoms with Crippen LogP contribution in [0.5, 0.6) is 0 Å². The Morgan fingerprint density at radius 2 is 1.77 bits per heavy atom. The van der Waals surface area contributed by atoms with Crippen molar-refractivity contribution in [2.45, 2.75) is 13.1 Å². The summed E-state index contributed by atoms with van der Waals surface area (Å²) in [5.74, 6) is 0.887. The van der Waals surface area contributed by atoms with Crippen LogP contribution in [0, 0.1) is 18.3 Å². The summed E-state index contributed by atoms with van der Waals surface area (Å²) in [6.07, 6.45) is -3.07. The van der Waals surface area contributed by atoms with Gasteiger partial charge in [-0.2, -0.15) is 18.4 Å². The van der Waals surface area contributed by atoms with Gasteiger partial charge in [-0.1, -0.05) is 11.6 Å². The van der Waals surface area contributed by atoms with Crippen LogP contribution in [0.25, 0.3) is 0 Å². The number of nitriles is 1. The van der Waals surface area contributed by atoms with Gasteiger partial charge in [-0.05, 0) is 13.0 Å². The third kappa shape index (κ3) is 3.80. The Morgan fingerprint density at radius 1 is 1.12 bits per heavy atom. The molecule has 1 saturated heterocycles. The summed E-state index contributed by atoms with van der Waals surface area (Å²) < 4.78 is 38.8. The van der Waals surface area contributed by atoms with Crippen molar-refractivity contribution in [2.75, 3.05) is 36.0 Å². The summed E-state index contributed by atoms with van der Waals surface area (Å²) >= 11 is 6.17. The summed E-state index contributed by atoms with van der Waals surface area (Å²) in [5.41, 5.74) is -0.576. The van der Waals surface area contributed by atoms with Crippen LogP contribution in [0.2, 0.25) is 5.02 Å². The highest BCUT2D eigenvalue weighted by molar-refractivity contribution is 6.33. The molecule has 0 unspecified atom stereocenters. The summed E-state index contributed by atoms with van der Waals surface area (Å²) in [6, 6.07) is 4.48. The molecule has 1 aliphatic heterocycles. The van der Waals surface area contributed by atoms with E-state index in [1.54, 1.807) is 11.0 Å². The van der Waals surface area contributed by atoms with Crippen LogP contribution in [0.1, 0.15) is 17.1 Å². The van der Waals surface area contributed by atoms with Gasteiger partial charge in [0.05, 0.1) is 10.6 Å². The molecule has 0 atom stereocenters. The van der Waals surface area contributed by atoms with E-state index in [2.05, 4.69) is 15.0 Å². The van der Waals surface area contributed by atoms with Crippen molar-refractivity contribution in [1.29, 1.82) is 5.26 Å². The average molecular weight is 383 g/mol. The van der Waals surface area contributed by atoms with Crippen molar-refractivity contribution in [3.8, 4) is 6.07 Å². The number of aryl methyl sites for hydroxylation is 1. The molecule has 6 nitrogen and oxygen atoms in total. The minimum atomic E-state index is -4.51. The van der Waals surface area contributed by atoms with E-state index in [0.29, 0.717) is 42.6 Å². The maximum absolute atomic E-state index is 12.9. The molecule has 2 aromatic heterocycles. The first-order valence-corrected chi connectivity index (χ1v) is 8.14. The lowest BCUT2D eigenvalue weighted by Gasteiger charge is -2.36. The van der Waals surface area contributed by atoms with Crippen LogP contribution >= 0.6 is 11.6 Å². The quantitative estimate of drug-likeness (QED) is 0.795. The van der Waals surface area contributed by atoms with Gasteiger partial charge in [-0.25, -0.2) is 15.0 Å². The number of hydrogen-bond donors (Lipinski definition) is 0. The van der Waals surface area contributed by atoms with Crippen molar-refractivity contribution in [2.24, 2.45) is 0 Å². The number of anilines is 2. The van der Waals surface area contributed by atoms with Gasteiger partial charge in [-0.15, -0.1) is 0 Å². The van der Waals surface area contributed by atoms with Gasteiger partial charge in [-0.3, -0.25) is 0 Å². The van der Waals surface area contributed by atoms with Gasteiger partial charge in [0, 0.05) is 38.4 Å². The molecule has 0 bridgehead atoms. The van der Waals surface area contributed by atoms with E-state index in [9.17, 15) is 13.2 Å². The van der Waals surface area contributed by atoms with Gasteiger partial charge < -0.3 is 9.80 Å². The van der Waals surface area contributed by atoms with Crippen molar-refractivity contribution in [1.82, 2.24) is 15.0 Å². The van der Waals surface area contributed by atoms with Crippen LogP contribution in [0.15, 0.2) is 18.3 Å². The monoisotopic (exact) mass is 382 g/mol. The molecule has 0 N–H and O–H groups in total. The maximum atomic E-state index is 12.9. The van der Waals surface area contributed by atoms with Gasteiger partial charge in [0.2, 0.25) is 0 Å². The molecule has 0 saturated carbocycles. The zero-order valence-corrected chi connectivity index (χ0v) is 14.5. The number of halogens is 4. The molecular formula is C16H14ClF3N6. The lowest BCUT2D eigenvalue weighted by Crippen LogP contribution is -2.47. The van der Waals surface area contributed by atoms with E-state index in [-0.39, 0.29) is 11.6 Å². The number of nitrogens with zero attached hydrogens (tertiary/aromatic N) is 6. The lowest BCUT2D eigenvalue weighted by atomic mass is 10.2. The standard InChI is InChI=1S/C16H14ClF3N6/c1-10-23-13(16(18,19)20)7-14(24-10)25-2-4-26(5-3-25)15-12(17)6-11(8-21)9-22-15/h6-7,9H,2-5H2,1H3. The lowest BCUT2D eigenvalue weighted by molar-refractivity contribution is -0.141. The van der Waals surface area contributed by atoms with E-state index in [4.69, 9.17) is 16.9 Å². The number of pyridine rings is 1. The first-order valence-electron chi connectivity index (χ1n) is 7.76. The van der Waals surface area contributed by atoms with Crippen LogP contribution in [0.3, 0.4) is 0 Å². The second-order valence-corrected chi connectivity index (χ2v) is 6.18. The minimum Gasteiger partial charge on any atom is -0.353 e. The van der Waals surface area contributed by atoms with Crippen molar-refractivity contribution in [3.63, 3.8) is 0 Å². The number of piperazine rings is 1. The Hall–Kier alpha value is -2.60. The Bertz CT molecular complexity index is 856. The Balaban J connectivity index is 1.75. The largest absolute Gasteiger partial charge is 0.433 e. The van der Waals surface area contributed by atoms with E-state index < -0.39 is 11.9 Å². The van der Waals surface area contributed by atoms with E-state index in [0.717, 1.165) is 6.07 Å². The fraction of sp³-hybridized carbons (Fsp3) is 0.375. The van der Waals surface area contributed by atoms with Crippen LogP contribution in [-0.4, -0.2) is 41.1 Å². The average Bonchev–Trinajstić information content (AvgIpc) is 2.60. The fourth-order valence-corrected chi connectivity index (χ4v) is 3.02. The molecule has 0 aliphatic carbocycles. The first kappa shape index (κ1) is 18.2. The summed E-state index contributed by atoms with van der Waals surface area (Å²) in [4.78, 5) is 15.5. The SMILES string of the molecule is Cc1nc(N2CCN(c3ncc(C#N)cc3Cl)CC2)cc(C(F)(F)F)n1. The molecular weight excluding hydrogens is 369 g/mol. The van der Waals surface area contributed by atoms with Gasteiger partial charge in [0.1, 0.15) is 29.2 Å². The summed E-state index contributed by atoms with van der Waals surface area (Å²) in [7, 11) is 0. The third-order valence-electron chi connectivity index (χ3n) is 3.97. The zero-order chi connectivity index (χ0) is 18.9. The maximum Gasteiger partial charge on any atom is 0.433 e. The molecule has 26 heavy (non-hydrogen) atoms. The molecule has 10 heteroatoms. The summed E-state index contributed by atoms with van der Waals surface area (Å²) in [6.45, 7) is 3.40. The number of hydrogen-bond acceptors (Lipinski definition) is 6. The van der Waals surface area contributed by atoms with E-state index in [1.807, 2.05) is 11.0 Å². The highest BCUT2D eigenvalue weighted by Gasteiger charge is 2.34. The van der Waals surface area contributed by atoms with E-state index in [1.165, 1.54) is 13.1 Å². The van der Waals surface area contributed by atoms with Gasteiger partial charge >= 0.3 is 6.18 Å². The zero-order valence-electron chi connectivity index (χ0n) is 13.8. The highest BCUT2D eigenvalue weighted by atomic mass is 35.5. The van der Waals surface area contributed by atoms with Crippen molar-refractivity contribution >= 4 is 23.2 Å². The molecule has 1 fully saturated rings. The van der Waals surface area contributed by atoms with Crippen molar-refractivity contribution < 1.29 is 13.2 Å². The van der Waals surface area contributed by atoms with Crippen LogP contribution in [-0.2, 0) is 6.18 Å². The molecule has 0 aromatic carbocycles. The number of aromatic nitrogens is 3. The predicted octanol–water partition coefficient (Wildman–Crippen LogP) is 3.05. The Morgan fingerprint density at radius 3 is 2.35 bits per heavy atom. The van der Waals surface area contributed by atoms with Gasteiger partial charge in [0.15, 0.2) is 0 Å². The molecule has 3 heterocycles. The fourth-order valence-electron chi connectivity index (χ4n) is 2.73. The topological polar surface area (TPSA) is 68.9 Å². The normalized spacial score (nSPS) is 15.1. The number of alkyl halides is 3. The molecule has 2 aromatic rings. The first-order chi connectivity index (χ1) is 12.3. The van der Waals surface area contributed by atoms with E-state index >= 15 is 0 Å². The second-order valence-electron chi connectivity index (χ2n) is 5.77. The Labute approximate surface area is 152 Å². The smallest absolute Gasteiger partial charge is 0.353 e. The second kappa shape index (κ2) is 6.96. The Kier molecular flexibility index (Phi) is 4.87. The van der Waals surface area contributed by atoms with Crippen LogP contribution < -0.4 is 9.80 Å².